The van der Waals surface area contributed by atoms with Crippen LogP contribution in [0, 0.1) is 0 Å². The molecule has 0 amide bonds. The first-order valence-electron chi connectivity index (χ1n) is 7.06. The van der Waals surface area contributed by atoms with Gasteiger partial charge >= 0.3 is 0 Å². The number of aliphatic hydroxyl groups excluding tert-OH is 2. The number of rotatable bonds is 9. The Morgan fingerprint density at radius 2 is 1.75 bits per heavy atom. The van der Waals surface area contributed by atoms with E-state index in [9.17, 15) is 5.11 Å². The fourth-order valence-electron chi connectivity index (χ4n) is 2.00. The molecule has 0 spiro atoms. The van der Waals surface area contributed by atoms with Gasteiger partial charge in [-0.05, 0) is 47.7 Å². The predicted molar refractivity (Wildman–Crippen MR) is 84.4 cm³/mol. The van der Waals surface area contributed by atoms with Gasteiger partial charge in [-0.1, -0.05) is 0 Å². The molecule has 0 saturated heterocycles. The van der Waals surface area contributed by atoms with Gasteiger partial charge in [0.1, 0.15) is 0 Å². The molecule has 0 bridgehead atoms. The van der Waals surface area contributed by atoms with Gasteiger partial charge in [-0.3, -0.25) is 0 Å². The molecule has 0 aliphatic carbocycles. The summed E-state index contributed by atoms with van der Waals surface area (Å²) in [6.45, 7) is 10.2. The molecule has 0 fully saturated rings. The van der Waals surface area contributed by atoms with Crippen LogP contribution >= 0.6 is 0 Å². The lowest BCUT2D eigenvalue weighted by Crippen LogP contribution is -2.69. The van der Waals surface area contributed by atoms with Crippen LogP contribution in [0.2, 0.25) is 6.55 Å². The van der Waals surface area contributed by atoms with Gasteiger partial charge in [0, 0.05) is 17.9 Å². The van der Waals surface area contributed by atoms with Gasteiger partial charge in [0.25, 0.3) is 0 Å². The maximum atomic E-state index is 9.41. The highest BCUT2D eigenvalue weighted by Crippen LogP contribution is 2.24. The summed E-state index contributed by atoms with van der Waals surface area (Å²) >= 11 is 0. The molecule has 2 atom stereocenters. The van der Waals surface area contributed by atoms with E-state index in [1.54, 1.807) is 0 Å². The quantitative estimate of drug-likeness (QED) is 0.346. The first-order valence-corrected chi connectivity index (χ1v) is 9.68. The minimum Gasteiger partial charge on any atom is -0.397 e. The van der Waals surface area contributed by atoms with Crippen LogP contribution in [0.15, 0.2) is 0 Å². The Morgan fingerprint density at radius 3 is 2.10 bits per heavy atom. The molecule has 0 saturated carbocycles. The molecule has 0 aromatic rings. The Labute approximate surface area is 124 Å². The van der Waals surface area contributed by atoms with Crippen molar-refractivity contribution in [3.8, 4) is 0 Å². The van der Waals surface area contributed by atoms with E-state index in [0.29, 0.717) is 13.0 Å². The molecule has 0 aromatic heterocycles. The van der Waals surface area contributed by atoms with Gasteiger partial charge < -0.3 is 31.0 Å². The molecular formula is C13H33N3O3Si. The second kappa shape index (κ2) is 7.30. The van der Waals surface area contributed by atoms with E-state index in [0.717, 1.165) is 6.17 Å². The molecule has 6 N–H and O–H groups in total. The van der Waals surface area contributed by atoms with Crippen LogP contribution in [-0.4, -0.2) is 66.8 Å². The Balaban J connectivity index is 4.74. The van der Waals surface area contributed by atoms with E-state index < -0.39 is 25.3 Å². The van der Waals surface area contributed by atoms with Crippen molar-refractivity contribution in [2.45, 2.75) is 57.7 Å². The van der Waals surface area contributed by atoms with Crippen molar-refractivity contribution in [2.24, 2.45) is 11.5 Å². The lowest BCUT2D eigenvalue weighted by atomic mass is 10.2. The van der Waals surface area contributed by atoms with Crippen molar-refractivity contribution >= 4 is 8.32 Å². The van der Waals surface area contributed by atoms with Crippen LogP contribution in [0.4, 0.5) is 0 Å². The average Bonchev–Trinajstić information content (AvgIpc) is 2.21. The first kappa shape index (κ1) is 20.0. The molecule has 122 valence electrons. The van der Waals surface area contributed by atoms with Crippen LogP contribution in [0.25, 0.3) is 0 Å². The molecule has 6 nitrogen and oxygen atoms in total. The smallest absolute Gasteiger partial charge is 0.224 e. The fraction of sp³-hybridized carbons (Fsp3) is 1.00. The maximum absolute atomic E-state index is 9.41. The predicted octanol–water partition coefficient (Wildman–Crippen LogP) is -0.236. The highest BCUT2D eigenvalue weighted by molar-refractivity contribution is 6.75. The van der Waals surface area contributed by atoms with Crippen LogP contribution in [0.5, 0.6) is 0 Å². The number of hydrogen-bond acceptors (Lipinski definition) is 6. The molecule has 0 heterocycles. The summed E-state index contributed by atoms with van der Waals surface area (Å²) in [5, 5.41) is 17.8. The molecule has 0 aliphatic heterocycles. The Hall–Kier alpha value is -0.0231. The summed E-state index contributed by atoms with van der Waals surface area (Å²) in [6, 6.07) is 0. The molecule has 0 rings (SSSR count). The van der Waals surface area contributed by atoms with Gasteiger partial charge in [-0.25, -0.2) is 0 Å². The zero-order valence-corrected chi connectivity index (χ0v) is 14.8. The molecule has 0 aliphatic rings. The number of nitrogens with two attached hydrogens (primary N) is 2. The monoisotopic (exact) mass is 307 g/mol. The van der Waals surface area contributed by atoms with Crippen molar-refractivity contribution < 1.29 is 14.6 Å². The Kier molecular flexibility index (Phi) is 7.30. The largest absolute Gasteiger partial charge is 0.397 e. The van der Waals surface area contributed by atoms with E-state index in [1.807, 2.05) is 34.7 Å². The van der Waals surface area contributed by atoms with Gasteiger partial charge in [-0.2, -0.15) is 0 Å². The van der Waals surface area contributed by atoms with E-state index in [1.165, 1.54) is 0 Å². The second-order valence-corrected chi connectivity index (χ2v) is 11.3. The summed E-state index contributed by atoms with van der Waals surface area (Å²) in [5.74, 6) is 0. The molecule has 20 heavy (non-hydrogen) atoms. The highest BCUT2D eigenvalue weighted by atomic mass is 28.4. The van der Waals surface area contributed by atoms with Crippen LogP contribution in [0.3, 0.4) is 0 Å². The standard InChI is InChI=1S/C13H33N3O3Si/c1-12(2,14)19-20(6,13(3,4)15)10-16(5)8-7-11(18)9-17/h11,17-18H,7-10,14-15H2,1-6H3. The molecular weight excluding hydrogens is 274 g/mol. The number of aliphatic hydroxyl groups is 2. The third kappa shape index (κ3) is 7.12. The van der Waals surface area contributed by atoms with E-state index in [-0.39, 0.29) is 6.61 Å². The number of hydrogen-bond donors (Lipinski definition) is 4. The third-order valence-corrected chi connectivity index (χ3v) is 8.32. The van der Waals surface area contributed by atoms with Crippen molar-refractivity contribution in [2.75, 3.05) is 26.4 Å². The van der Waals surface area contributed by atoms with Crippen molar-refractivity contribution in [3.63, 3.8) is 0 Å². The lowest BCUT2D eigenvalue weighted by Gasteiger charge is -2.45. The number of nitrogens with zero attached hydrogens (tertiary/aromatic N) is 1. The van der Waals surface area contributed by atoms with Crippen molar-refractivity contribution in [3.05, 3.63) is 0 Å². The van der Waals surface area contributed by atoms with E-state index in [2.05, 4.69) is 11.4 Å². The summed E-state index contributed by atoms with van der Waals surface area (Å²) in [7, 11) is -0.331. The SMILES string of the molecule is CN(CCC(O)CO)C[Si](C)(OC(C)(C)N)C(C)(C)N. The minimum absolute atomic E-state index is 0.211. The van der Waals surface area contributed by atoms with Crippen LogP contribution in [-0.2, 0) is 4.43 Å². The van der Waals surface area contributed by atoms with Crippen LogP contribution in [0.1, 0.15) is 34.1 Å². The Bertz CT molecular complexity index is 292. The lowest BCUT2D eigenvalue weighted by molar-refractivity contribution is 0.0755. The van der Waals surface area contributed by atoms with Gasteiger partial charge in [-0.15, -0.1) is 0 Å². The van der Waals surface area contributed by atoms with Gasteiger partial charge in [0.05, 0.1) is 18.4 Å². The second-order valence-electron chi connectivity index (χ2n) is 7.02. The normalized spacial score (nSPS) is 18.1. The zero-order chi connectivity index (χ0) is 16.2. The van der Waals surface area contributed by atoms with E-state index in [4.69, 9.17) is 21.0 Å². The summed E-state index contributed by atoms with van der Waals surface area (Å²) < 4.78 is 6.13. The zero-order valence-electron chi connectivity index (χ0n) is 13.8. The summed E-state index contributed by atoms with van der Waals surface area (Å²) in [6.07, 6.45) is 0.562. The molecule has 2 unspecified atom stereocenters. The Morgan fingerprint density at radius 1 is 1.25 bits per heavy atom. The fourth-order valence-corrected chi connectivity index (χ4v) is 5.09. The van der Waals surface area contributed by atoms with E-state index >= 15 is 0 Å². The summed E-state index contributed by atoms with van der Waals surface area (Å²) in [5.41, 5.74) is 11.6. The topological polar surface area (TPSA) is 105 Å². The minimum atomic E-state index is -2.30. The average molecular weight is 308 g/mol. The molecule has 0 aromatic carbocycles. The molecule has 0 radical (unpaired) electrons. The van der Waals surface area contributed by atoms with Crippen molar-refractivity contribution in [1.29, 1.82) is 0 Å². The highest BCUT2D eigenvalue weighted by Gasteiger charge is 2.46. The van der Waals surface area contributed by atoms with Gasteiger partial charge in [0.15, 0.2) is 0 Å². The maximum Gasteiger partial charge on any atom is 0.224 e. The molecule has 7 heteroatoms. The van der Waals surface area contributed by atoms with Crippen LogP contribution < -0.4 is 11.5 Å². The third-order valence-electron chi connectivity index (χ3n) is 3.48. The summed E-state index contributed by atoms with van der Waals surface area (Å²) in [4.78, 5) is 2.09. The first-order chi connectivity index (χ1) is 8.81. The van der Waals surface area contributed by atoms with Gasteiger partial charge in [0.2, 0.25) is 8.32 Å². The van der Waals surface area contributed by atoms with Crippen molar-refractivity contribution in [1.82, 2.24) is 4.90 Å².